The number of hydrogen-bond donors (Lipinski definition) is 5. The number of piperazine rings is 4. The number of benzene rings is 3. The second-order valence-electron chi connectivity index (χ2n) is 46.7. The molecule has 5 aliphatic carbocycles. The fraction of sp³-hybridized carbons (Fsp3) is 0.587. The van der Waals surface area contributed by atoms with E-state index in [1.807, 2.05) is 140 Å². The van der Waals surface area contributed by atoms with Gasteiger partial charge in [-0.2, -0.15) is 0 Å². The Labute approximate surface area is 846 Å². The van der Waals surface area contributed by atoms with E-state index in [9.17, 15) is 73.4 Å². The van der Waals surface area contributed by atoms with Crippen LogP contribution in [0.15, 0.2) is 88.6 Å². The third kappa shape index (κ3) is 14.0. The number of aryl methyl sites for hydroxylation is 1. The standard InChI is InChI=1S/C26H27N3O6.C26H27N3O4.C16H22N2O2.C15H17IN2O3.C13H15NO2.C7H15BO2.CH3I.Zn/c1-23(2)10-8-15-17(35-23)7-6-14(19(15)29(33)34)16-12-26-18(24(3,4)20(16)30)13-25(21(31)27-26)9-5-11-28(25)22(26)32;1-23(2)10-8-15-17(33-23)7-6-14-16-12-26-18(24(3,4)20(16)29(32)19(14)15)13-25(21(30)27-26)9-5-11-28(25)22(26)31;1-10-5-7-16-11(14(10,2)3)9-15(12(19)17-16)6-4-8-18(15)13(16)20;1-13(2)9-7-14-4-3-5-18(14)12(21)15(9,17-11(14)20)6-8(16)10(13)19;1-9-4-5-10-8-13(2,3)7-6-11(10)12(9)14(15)16;1-6(2)7(3,4)10-8(5)9-6;1-2;/h6-8,10,12,18H,5,9,11,13H2,1-4H3,(H,27,31);6-8,10,12,18H,5,9,11,13H2,1-4H3,(H-,27,30,32);5,7,10-11H,4,6,8-9H2,1-3H3,(H,17,19);6,9H,3-5,7H2,1-2H3,(H,17,20);4-7H,8H2,1-3H3;1-5H3;1H3;/p+1/t2*18?,25?,26-;10?,11?,15?,16-;9?,14?,15-;;;;/m1111..../s1. The van der Waals surface area contributed by atoms with E-state index in [4.69, 9.17) is 18.8 Å². The van der Waals surface area contributed by atoms with E-state index in [1.165, 1.54) is 16.9 Å². The number of nitrogens with zero attached hydrogens (tertiary/aromatic N) is 7. The summed E-state index contributed by atoms with van der Waals surface area (Å²) in [7, 11) is -0.0648. The van der Waals surface area contributed by atoms with Crippen LogP contribution in [0.25, 0.3) is 29.4 Å². The van der Waals surface area contributed by atoms with Gasteiger partial charge in [-0.25, -0.2) is 0 Å². The maximum absolute atomic E-state index is 13.9. The van der Waals surface area contributed by atoms with Crippen LogP contribution in [0.3, 0.4) is 0 Å². The number of Topliss-reactive ketones (excluding diaryl/α,β-unsaturated/α-hetero) is 2. The minimum Gasteiger partial charge on any atom is -0.483 e. The van der Waals surface area contributed by atoms with Gasteiger partial charge >= 0.3 is 7.12 Å². The Hall–Kier alpha value is -9.12. The first-order valence-electron chi connectivity index (χ1n) is 48.3. The number of allylic oxidation sites excluding steroid dienone is 5. The van der Waals surface area contributed by atoms with E-state index in [2.05, 4.69) is 132 Å². The van der Waals surface area contributed by atoms with Crippen LogP contribution in [0.2, 0.25) is 6.82 Å². The summed E-state index contributed by atoms with van der Waals surface area (Å²) in [6.45, 7) is 44.6. The third-order valence-electron chi connectivity index (χ3n) is 35.6. The summed E-state index contributed by atoms with van der Waals surface area (Å²) < 4.78 is 25.0. The van der Waals surface area contributed by atoms with Gasteiger partial charge in [0.05, 0.1) is 63.4 Å². The van der Waals surface area contributed by atoms with Crippen molar-refractivity contribution in [3.8, 4) is 11.5 Å². The van der Waals surface area contributed by atoms with Crippen molar-refractivity contribution < 1.29 is 106 Å². The molecule has 30 nitrogen and oxygen atoms in total. The van der Waals surface area contributed by atoms with Crippen LogP contribution < -0.4 is 30.7 Å². The monoisotopic (exact) mass is 2160 g/mol. The van der Waals surface area contributed by atoms with Gasteiger partial charge in [-0.05, 0) is 283 Å². The van der Waals surface area contributed by atoms with Crippen molar-refractivity contribution in [2.24, 2.45) is 56.7 Å². The molecule has 8 spiro atoms. The topological polar surface area (TPSA) is 378 Å². The second kappa shape index (κ2) is 32.4. The molecule has 9 unspecified atom stereocenters. The number of nitro groups is 2. The summed E-state index contributed by atoms with van der Waals surface area (Å²) in [5.74, 6) is 0.439. The average Bonchev–Trinajstić information content (AvgIpc) is 1.08. The molecule has 3 aromatic carbocycles. The van der Waals surface area contributed by atoms with E-state index in [1.54, 1.807) is 54.9 Å². The molecule has 17 fully saturated rings. The summed E-state index contributed by atoms with van der Waals surface area (Å²) in [5, 5.41) is 47.1. The van der Waals surface area contributed by atoms with Crippen molar-refractivity contribution in [2.75, 3.05) is 31.1 Å². The molecule has 13 atom stereocenters. The predicted molar refractivity (Wildman–Crippen MR) is 532 cm³/mol. The Bertz CT molecular complexity index is 6220. The summed E-state index contributed by atoms with van der Waals surface area (Å²) >= 11 is 4.14. The van der Waals surface area contributed by atoms with Crippen molar-refractivity contribution in [2.45, 2.75) is 295 Å². The number of hydrogen-bond acceptors (Lipinski definition) is 19. The zero-order chi connectivity index (χ0) is 99.7. The van der Waals surface area contributed by atoms with Crippen LogP contribution in [0, 0.1) is 83.8 Å². The first-order chi connectivity index (χ1) is 63.7. The molecule has 20 aliphatic heterocycles. The molecule has 0 radical (unpaired) electrons. The predicted octanol–water partition coefficient (Wildman–Crippen LogP) is 14.9. The number of ketones is 2. The van der Waals surface area contributed by atoms with E-state index in [0.717, 1.165) is 96.3 Å². The zero-order valence-electron chi connectivity index (χ0n) is 83.2. The minimum absolute atomic E-state index is 0. The fourth-order valence-electron chi connectivity index (χ4n) is 27.5. The number of ether oxygens (including phenoxy) is 2. The SMILES string of the molecule is CB1OC(C)(C)C(C)(C)O1.CC1(C)C(=O)C(I)=C[C@]23NC(=O)C4(CCCN4C2=O)CC13.CC1(C)C=Cc2c(ccc(C3=C[C@]45NC(=O)C6(CCCN6C4=O)CC5C(C)(C)C3=O)c2[N+](=O)[O-])O1.CC1(C)C=Cc2c(ccc3c2[N+](O)=C2C3=C[C@]34NC(=O)C5(CCCN5C3=O)CC4C2(C)C)O1.CC1C=C[C@]23NC(=O)C4(CCCN4C2=O)CC3C1(C)C.CI.Cc1ccc2c(c1[N+](=O)[O-])C=CC(C)(C)C2.[Zn]. The van der Waals surface area contributed by atoms with Gasteiger partial charge in [0.25, 0.3) is 40.7 Å². The molecular weight excluding hydrogens is 2040 g/mol. The molecule has 20 heterocycles. The number of alkyl halides is 1. The summed E-state index contributed by atoms with van der Waals surface area (Å²) in [6, 6.07) is 10.9. The van der Waals surface area contributed by atoms with Crippen LogP contribution in [0.5, 0.6) is 11.5 Å². The Balaban J connectivity index is 0.000000118. The zero-order valence-corrected chi connectivity index (χ0v) is 90.5. The molecule has 8 bridgehead atoms. The number of piperidine rings is 8. The van der Waals surface area contributed by atoms with Crippen LogP contribution >= 0.6 is 45.2 Å². The van der Waals surface area contributed by atoms with Gasteiger partial charge < -0.3 is 59.6 Å². The van der Waals surface area contributed by atoms with Gasteiger partial charge in [0.15, 0.2) is 11.6 Å². The number of carbonyl (C=O) groups is 10. The number of rotatable bonds is 3. The fourth-order valence-corrected chi connectivity index (χ4v) is 28.6. The van der Waals surface area contributed by atoms with Crippen LogP contribution in [0.4, 0.5) is 17.1 Å². The molecule has 34 heteroatoms. The number of carbonyl (C=O) groups excluding carboxylic acids is 10. The van der Waals surface area contributed by atoms with Crippen LogP contribution in [-0.4, -0.2) is 209 Å². The van der Waals surface area contributed by atoms with Crippen LogP contribution in [0.1, 0.15) is 248 Å². The van der Waals surface area contributed by atoms with Crippen molar-refractivity contribution >= 4 is 163 Å². The summed E-state index contributed by atoms with van der Waals surface area (Å²) in [5.41, 5.74) is -3.61. The Morgan fingerprint density at radius 2 is 0.870 bits per heavy atom. The van der Waals surface area contributed by atoms with E-state index in [-0.39, 0.29) is 158 Å². The molecule has 138 heavy (non-hydrogen) atoms. The largest absolute Gasteiger partial charge is 0.483 e. The quantitative estimate of drug-likeness (QED) is 0.0238. The maximum atomic E-state index is 13.9. The molecule has 730 valence electrons. The number of nitro benzene ring substituents is 2. The normalized spacial score (nSPS) is 34.7. The summed E-state index contributed by atoms with van der Waals surface area (Å²) in [4.78, 5) is 164. The molecule has 17 saturated heterocycles. The molecule has 8 amide bonds. The number of fused-ring (bicyclic) bond motifs is 11. The van der Waals surface area contributed by atoms with Crippen molar-refractivity contribution in [1.29, 1.82) is 0 Å². The van der Waals surface area contributed by atoms with Gasteiger partial charge in [0.2, 0.25) is 29.3 Å². The third-order valence-corrected chi connectivity index (χ3v) is 36.4. The molecule has 25 aliphatic rings. The molecule has 5 N–H and O–H groups in total. The first kappa shape index (κ1) is 100. The molecule has 0 saturated carbocycles. The Morgan fingerprint density at radius 3 is 1.32 bits per heavy atom. The average molecular weight is 2170 g/mol. The van der Waals surface area contributed by atoms with E-state index in [0.29, 0.717) is 79.1 Å². The van der Waals surface area contributed by atoms with Crippen molar-refractivity contribution in [3.63, 3.8) is 0 Å². The van der Waals surface area contributed by atoms with Crippen molar-refractivity contribution in [1.82, 2.24) is 40.9 Å². The molecule has 3 aromatic rings. The van der Waals surface area contributed by atoms with E-state index < -0.39 is 82.6 Å². The number of nitrogens with one attached hydrogen (secondary N) is 4. The van der Waals surface area contributed by atoms with Crippen molar-refractivity contribution in [3.05, 3.63) is 148 Å². The van der Waals surface area contributed by atoms with Gasteiger partial charge in [0.1, 0.15) is 67.0 Å². The van der Waals surface area contributed by atoms with Gasteiger partial charge in [-0.15, -0.1) is 0 Å². The van der Waals surface area contributed by atoms with Gasteiger partial charge in [0, 0.05) is 96.0 Å². The molecular formula is C104H127BI2N11O19Zn+. The van der Waals surface area contributed by atoms with E-state index >= 15 is 0 Å². The molecule has 28 rings (SSSR count). The Morgan fingerprint density at radius 1 is 0.478 bits per heavy atom. The summed E-state index contributed by atoms with van der Waals surface area (Å²) in [6.07, 6.45) is 30.1. The first-order valence-corrected chi connectivity index (χ1v) is 51.5. The van der Waals surface area contributed by atoms with Crippen LogP contribution in [-0.2, 0) is 83.2 Å². The van der Waals surface area contributed by atoms with Gasteiger partial charge in [-0.1, -0.05) is 121 Å². The Kier molecular flexibility index (Phi) is 23.6. The number of amides is 8. The smallest absolute Gasteiger partial charge is 0.454 e. The maximum Gasteiger partial charge on any atom is 0.454 e. The minimum atomic E-state index is -1.41. The molecule has 0 aromatic heterocycles. The number of halogens is 2. The second-order valence-corrected chi connectivity index (χ2v) is 47.9. The van der Waals surface area contributed by atoms with Gasteiger partial charge in [-0.3, -0.25) is 73.4 Å².